The first kappa shape index (κ1) is 20.0. The largest absolute Gasteiger partial charge is 0.486 e. The lowest BCUT2D eigenvalue weighted by molar-refractivity contribution is -0.137. The summed E-state index contributed by atoms with van der Waals surface area (Å²) < 4.78 is 54.6. The highest BCUT2D eigenvalue weighted by Gasteiger charge is 2.30. The minimum atomic E-state index is -4.40. The van der Waals surface area contributed by atoms with Gasteiger partial charge in [-0.2, -0.15) is 13.2 Å². The Morgan fingerprint density at radius 3 is 2.46 bits per heavy atom. The highest BCUT2D eigenvalue weighted by atomic mass is 19.4. The highest BCUT2D eigenvalue weighted by Crippen LogP contribution is 2.30. The summed E-state index contributed by atoms with van der Waals surface area (Å²) in [6, 6.07) is 13.4. The number of amides is 1. The zero-order valence-electron chi connectivity index (χ0n) is 15.0. The Morgan fingerprint density at radius 1 is 1.07 bits per heavy atom. The average molecular weight is 395 g/mol. The van der Waals surface area contributed by atoms with Crippen LogP contribution >= 0.6 is 0 Å². The van der Waals surface area contributed by atoms with Gasteiger partial charge in [0.05, 0.1) is 25.3 Å². The first-order chi connectivity index (χ1) is 13.4. The molecule has 0 saturated carbocycles. The van der Waals surface area contributed by atoms with Crippen molar-refractivity contribution in [3.63, 3.8) is 0 Å². The van der Waals surface area contributed by atoms with Crippen molar-refractivity contribution in [1.82, 2.24) is 4.90 Å². The monoisotopic (exact) mass is 395 g/mol. The lowest BCUT2D eigenvalue weighted by Crippen LogP contribution is -2.42. The number of alkyl halides is 3. The van der Waals surface area contributed by atoms with E-state index < -0.39 is 17.8 Å². The molecule has 0 spiro atoms. The number of benzene rings is 2. The lowest BCUT2D eigenvalue weighted by atomic mass is 10.2. The molecule has 0 bridgehead atoms. The molecule has 1 aliphatic heterocycles. The number of carbonyl (C=O) groups is 1. The summed E-state index contributed by atoms with van der Waals surface area (Å²) in [7, 11) is 0. The standard InChI is InChI=1S/C20H20F3NO4/c21-20(22,23)15-6-8-17(9-7-15)28-18-12-24(10-11-26-13-18)19(25)14-27-16-4-2-1-3-5-16/h1-9,18H,10-14H2. The summed E-state index contributed by atoms with van der Waals surface area (Å²) in [6.07, 6.45) is -4.88. The van der Waals surface area contributed by atoms with Crippen molar-refractivity contribution in [2.45, 2.75) is 12.3 Å². The fourth-order valence-electron chi connectivity index (χ4n) is 2.75. The van der Waals surface area contributed by atoms with Gasteiger partial charge in [0.15, 0.2) is 6.61 Å². The van der Waals surface area contributed by atoms with Gasteiger partial charge in [-0.1, -0.05) is 18.2 Å². The van der Waals surface area contributed by atoms with Crippen molar-refractivity contribution in [3.05, 3.63) is 60.2 Å². The summed E-state index contributed by atoms with van der Waals surface area (Å²) >= 11 is 0. The van der Waals surface area contributed by atoms with Gasteiger partial charge >= 0.3 is 6.18 Å². The topological polar surface area (TPSA) is 48.0 Å². The van der Waals surface area contributed by atoms with Crippen LogP contribution in [0.15, 0.2) is 54.6 Å². The van der Waals surface area contributed by atoms with Gasteiger partial charge in [-0.3, -0.25) is 4.79 Å². The molecule has 28 heavy (non-hydrogen) atoms. The number of carbonyl (C=O) groups excluding carboxylic acids is 1. The molecular formula is C20H20F3NO4. The van der Waals surface area contributed by atoms with Crippen LogP contribution < -0.4 is 9.47 Å². The fourth-order valence-corrected chi connectivity index (χ4v) is 2.75. The number of para-hydroxylation sites is 1. The molecule has 2 aromatic carbocycles. The second kappa shape index (κ2) is 8.97. The van der Waals surface area contributed by atoms with E-state index in [-0.39, 0.29) is 31.4 Å². The number of hydrogen-bond donors (Lipinski definition) is 0. The number of ether oxygens (including phenoxy) is 3. The van der Waals surface area contributed by atoms with E-state index in [2.05, 4.69) is 0 Å². The minimum absolute atomic E-state index is 0.114. The number of hydrogen-bond acceptors (Lipinski definition) is 4. The van der Waals surface area contributed by atoms with Gasteiger partial charge in [-0.15, -0.1) is 0 Å². The van der Waals surface area contributed by atoms with Gasteiger partial charge < -0.3 is 19.1 Å². The van der Waals surface area contributed by atoms with Crippen LogP contribution in [-0.2, 0) is 15.7 Å². The van der Waals surface area contributed by atoms with E-state index in [1.54, 1.807) is 17.0 Å². The Kier molecular flexibility index (Phi) is 6.41. The van der Waals surface area contributed by atoms with Crippen molar-refractivity contribution in [3.8, 4) is 11.5 Å². The van der Waals surface area contributed by atoms with Crippen molar-refractivity contribution in [1.29, 1.82) is 0 Å². The molecular weight excluding hydrogens is 375 g/mol. The third-order valence-corrected chi connectivity index (χ3v) is 4.18. The Balaban J connectivity index is 1.56. The van der Waals surface area contributed by atoms with Gasteiger partial charge in [-0.25, -0.2) is 0 Å². The second-order valence-electron chi connectivity index (χ2n) is 6.28. The van der Waals surface area contributed by atoms with Crippen LogP contribution in [-0.4, -0.2) is 49.8 Å². The van der Waals surface area contributed by atoms with Crippen LogP contribution in [0.1, 0.15) is 5.56 Å². The van der Waals surface area contributed by atoms with E-state index in [9.17, 15) is 18.0 Å². The summed E-state index contributed by atoms with van der Waals surface area (Å²) in [5, 5.41) is 0. The highest BCUT2D eigenvalue weighted by molar-refractivity contribution is 5.77. The second-order valence-corrected chi connectivity index (χ2v) is 6.28. The lowest BCUT2D eigenvalue weighted by Gasteiger charge is -2.24. The first-order valence-electron chi connectivity index (χ1n) is 8.79. The number of rotatable bonds is 5. The van der Waals surface area contributed by atoms with Crippen LogP contribution in [0.3, 0.4) is 0 Å². The van der Waals surface area contributed by atoms with Crippen molar-refractivity contribution in [2.24, 2.45) is 0 Å². The van der Waals surface area contributed by atoms with E-state index in [0.29, 0.717) is 18.9 Å². The Hall–Kier alpha value is -2.74. The molecule has 2 aromatic rings. The van der Waals surface area contributed by atoms with E-state index in [1.165, 1.54) is 12.1 Å². The molecule has 1 aliphatic rings. The van der Waals surface area contributed by atoms with Crippen LogP contribution in [0.5, 0.6) is 11.5 Å². The number of nitrogens with zero attached hydrogens (tertiary/aromatic N) is 1. The third-order valence-electron chi connectivity index (χ3n) is 4.18. The van der Waals surface area contributed by atoms with Gasteiger partial charge in [0.25, 0.3) is 5.91 Å². The molecule has 1 unspecified atom stereocenters. The van der Waals surface area contributed by atoms with Crippen molar-refractivity contribution >= 4 is 5.91 Å². The summed E-state index contributed by atoms with van der Waals surface area (Å²) in [6.45, 7) is 1.13. The molecule has 1 saturated heterocycles. The Bertz CT molecular complexity index is 765. The molecule has 5 nitrogen and oxygen atoms in total. The third kappa shape index (κ3) is 5.63. The quantitative estimate of drug-likeness (QED) is 0.779. The predicted molar refractivity (Wildman–Crippen MR) is 95.2 cm³/mol. The molecule has 1 heterocycles. The van der Waals surface area contributed by atoms with Crippen LogP contribution in [0.25, 0.3) is 0 Å². The number of halogens is 3. The molecule has 0 aliphatic carbocycles. The van der Waals surface area contributed by atoms with Gasteiger partial charge in [-0.05, 0) is 36.4 Å². The average Bonchev–Trinajstić information content (AvgIpc) is 2.92. The van der Waals surface area contributed by atoms with E-state index in [0.717, 1.165) is 12.1 Å². The normalized spacial score (nSPS) is 17.7. The molecule has 150 valence electrons. The van der Waals surface area contributed by atoms with Crippen molar-refractivity contribution < 1.29 is 32.2 Å². The summed E-state index contributed by atoms with van der Waals surface area (Å²) in [5.41, 5.74) is -0.744. The first-order valence-corrected chi connectivity index (χ1v) is 8.79. The Labute approximate surface area is 160 Å². The fraction of sp³-hybridized carbons (Fsp3) is 0.350. The van der Waals surface area contributed by atoms with Crippen LogP contribution in [0, 0.1) is 0 Å². The molecule has 0 aromatic heterocycles. The Morgan fingerprint density at radius 2 is 1.79 bits per heavy atom. The van der Waals surface area contributed by atoms with Crippen LogP contribution in [0.4, 0.5) is 13.2 Å². The summed E-state index contributed by atoms with van der Waals surface area (Å²) in [5.74, 6) is 0.672. The van der Waals surface area contributed by atoms with Gasteiger partial charge in [0.2, 0.25) is 0 Å². The molecule has 3 rings (SSSR count). The van der Waals surface area contributed by atoms with E-state index in [4.69, 9.17) is 14.2 Å². The maximum atomic E-state index is 12.7. The minimum Gasteiger partial charge on any atom is -0.486 e. The van der Waals surface area contributed by atoms with Crippen molar-refractivity contribution in [2.75, 3.05) is 32.9 Å². The van der Waals surface area contributed by atoms with Gasteiger partial charge in [0.1, 0.15) is 17.6 Å². The maximum Gasteiger partial charge on any atom is 0.416 e. The zero-order valence-corrected chi connectivity index (χ0v) is 15.0. The molecule has 0 radical (unpaired) electrons. The van der Waals surface area contributed by atoms with Crippen LogP contribution in [0.2, 0.25) is 0 Å². The smallest absolute Gasteiger partial charge is 0.416 e. The molecule has 8 heteroatoms. The molecule has 1 fully saturated rings. The summed E-state index contributed by atoms with van der Waals surface area (Å²) in [4.78, 5) is 14.0. The molecule has 1 amide bonds. The van der Waals surface area contributed by atoms with E-state index in [1.807, 2.05) is 18.2 Å². The maximum absolute atomic E-state index is 12.7. The molecule has 1 atom stereocenters. The van der Waals surface area contributed by atoms with Gasteiger partial charge in [0, 0.05) is 6.54 Å². The molecule has 0 N–H and O–H groups in total. The SMILES string of the molecule is O=C(COc1ccccc1)N1CCOCC(Oc2ccc(C(F)(F)F)cc2)C1. The predicted octanol–water partition coefficient (Wildman–Crippen LogP) is 3.39. The zero-order chi connectivity index (χ0) is 20.0. The van der Waals surface area contributed by atoms with E-state index >= 15 is 0 Å².